The van der Waals surface area contributed by atoms with Gasteiger partial charge in [0.25, 0.3) is 0 Å². The number of aromatic nitrogens is 1. The van der Waals surface area contributed by atoms with Crippen LogP contribution < -0.4 is 0 Å². The summed E-state index contributed by atoms with van der Waals surface area (Å²) in [5.74, 6) is -1.37. The molecule has 0 saturated carbocycles. The van der Waals surface area contributed by atoms with Gasteiger partial charge in [0, 0.05) is 23.4 Å². The lowest BCUT2D eigenvalue weighted by Crippen LogP contribution is -2.19. The number of carbonyl (C=O) groups is 3. The molecule has 0 atom stereocenters. The van der Waals surface area contributed by atoms with E-state index in [2.05, 4.69) is 0 Å². The SMILES string of the molecule is CCOC(=O)c1c2c(n(C)c1CSc1ccccc1)C=CC(=O)C2=O. The summed E-state index contributed by atoms with van der Waals surface area (Å²) in [6.07, 6.45) is 2.83. The molecular formula is C19H17NO4S. The summed E-state index contributed by atoms with van der Waals surface area (Å²) in [5, 5.41) is 0. The fourth-order valence-corrected chi connectivity index (χ4v) is 3.78. The van der Waals surface area contributed by atoms with Crippen molar-refractivity contribution in [2.45, 2.75) is 17.6 Å². The molecule has 1 aliphatic carbocycles. The lowest BCUT2D eigenvalue weighted by Gasteiger charge is -2.08. The van der Waals surface area contributed by atoms with Crippen LogP contribution in [0.4, 0.5) is 0 Å². The number of ketones is 2. The highest BCUT2D eigenvalue weighted by Gasteiger charge is 2.34. The number of rotatable bonds is 5. The van der Waals surface area contributed by atoms with Crippen LogP contribution in [-0.2, 0) is 22.3 Å². The molecule has 0 aliphatic heterocycles. The summed E-state index contributed by atoms with van der Waals surface area (Å²) in [7, 11) is 1.79. The topological polar surface area (TPSA) is 65.4 Å². The monoisotopic (exact) mass is 355 g/mol. The lowest BCUT2D eigenvalue weighted by atomic mass is 9.97. The van der Waals surface area contributed by atoms with E-state index in [-0.39, 0.29) is 17.7 Å². The quantitative estimate of drug-likeness (QED) is 0.468. The van der Waals surface area contributed by atoms with Gasteiger partial charge in [0.15, 0.2) is 0 Å². The fraction of sp³-hybridized carbons (Fsp3) is 0.211. The Morgan fingerprint density at radius 3 is 2.56 bits per heavy atom. The van der Waals surface area contributed by atoms with Gasteiger partial charge in [-0.2, -0.15) is 0 Å². The third-order valence-corrected chi connectivity index (χ3v) is 5.03. The molecular weight excluding hydrogens is 338 g/mol. The van der Waals surface area contributed by atoms with Crippen molar-refractivity contribution in [3.63, 3.8) is 0 Å². The first kappa shape index (κ1) is 17.2. The van der Waals surface area contributed by atoms with Gasteiger partial charge in [-0.15, -0.1) is 11.8 Å². The molecule has 0 N–H and O–H groups in total. The average molecular weight is 355 g/mol. The van der Waals surface area contributed by atoms with Crippen molar-refractivity contribution in [3.8, 4) is 0 Å². The molecule has 1 aromatic heterocycles. The van der Waals surface area contributed by atoms with E-state index in [0.717, 1.165) is 4.90 Å². The minimum Gasteiger partial charge on any atom is -0.462 e. The molecule has 1 aliphatic rings. The van der Waals surface area contributed by atoms with Gasteiger partial charge in [-0.1, -0.05) is 18.2 Å². The fourth-order valence-electron chi connectivity index (χ4n) is 2.79. The molecule has 1 aromatic carbocycles. The Balaban J connectivity index is 2.06. The Morgan fingerprint density at radius 2 is 1.88 bits per heavy atom. The van der Waals surface area contributed by atoms with Crippen LogP contribution in [0.1, 0.15) is 39.0 Å². The first-order valence-electron chi connectivity index (χ1n) is 7.87. The highest BCUT2D eigenvalue weighted by atomic mass is 32.2. The predicted octanol–water partition coefficient (Wildman–Crippen LogP) is 3.27. The highest BCUT2D eigenvalue weighted by Crippen LogP contribution is 2.32. The number of hydrogen-bond donors (Lipinski definition) is 0. The number of esters is 1. The number of nitrogens with zero attached hydrogens (tertiary/aromatic N) is 1. The van der Waals surface area contributed by atoms with Gasteiger partial charge in [-0.25, -0.2) is 4.79 Å². The summed E-state index contributed by atoms with van der Waals surface area (Å²) in [5.41, 5.74) is 1.59. The molecule has 6 heteroatoms. The van der Waals surface area contributed by atoms with Gasteiger partial charge in [0.2, 0.25) is 11.6 Å². The largest absolute Gasteiger partial charge is 0.462 e. The van der Waals surface area contributed by atoms with Crippen LogP contribution in [0, 0.1) is 0 Å². The van der Waals surface area contributed by atoms with Crippen molar-refractivity contribution in [2.75, 3.05) is 6.61 Å². The van der Waals surface area contributed by atoms with E-state index in [1.807, 2.05) is 30.3 Å². The van der Waals surface area contributed by atoms with E-state index >= 15 is 0 Å². The zero-order chi connectivity index (χ0) is 18.0. The molecule has 0 bridgehead atoms. The van der Waals surface area contributed by atoms with E-state index in [0.29, 0.717) is 17.1 Å². The number of thioether (sulfide) groups is 1. The Labute approximate surface area is 149 Å². The summed E-state index contributed by atoms with van der Waals surface area (Å²) >= 11 is 1.55. The summed E-state index contributed by atoms with van der Waals surface area (Å²) in [4.78, 5) is 37.7. The minimum atomic E-state index is -0.660. The zero-order valence-electron chi connectivity index (χ0n) is 13.9. The van der Waals surface area contributed by atoms with Gasteiger partial charge in [0.05, 0.1) is 23.4 Å². The summed E-state index contributed by atoms with van der Waals surface area (Å²) in [6.45, 7) is 1.91. The van der Waals surface area contributed by atoms with E-state index < -0.39 is 17.5 Å². The van der Waals surface area contributed by atoms with E-state index in [4.69, 9.17) is 4.74 Å². The van der Waals surface area contributed by atoms with Crippen molar-refractivity contribution in [1.82, 2.24) is 4.57 Å². The molecule has 25 heavy (non-hydrogen) atoms. The molecule has 0 amide bonds. The van der Waals surface area contributed by atoms with E-state index in [9.17, 15) is 14.4 Å². The van der Waals surface area contributed by atoms with Crippen molar-refractivity contribution >= 4 is 35.4 Å². The van der Waals surface area contributed by atoms with Gasteiger partial charge in [-0.3, -0.25) is 9.59 Å². The number of benzene rings is 1. The second kappa shape index (κ2) is 7.11. The maximum atomic E-state index is 12.5. The lowest BCUT2D eigenvalue weighted by molar-refractivity contribution is -0.110. The molecule has 0 spiro atoms. The highest BCUT2D eigenvalue weighted by molar-refractivity contribution is 7.98. The number of ether oxygens (including phenoxy) is 1. The molecule has 0 radical (unpaired) electrons. The molecule has 3 rings (SSSR count). The molecule has 128 valence electrons. The average Bonchev–Trinajstić information content (AvgIpc) is 2.90. The molecule has 0 unspecified atom stereocenters. The molecule has 2 aromatic rings. The van der Waals surface area contributed by atoms with Crippen LogP contribution in [0.3, 0.4) is 0 Å². The van der Waals surface area contributed by atoms with Crippen molar-refractivity contribution in [2.24, 2.45) is 7.05 Å². The maximum absolute atomic E-state index is 12.5. The molecule has 5 nitrogen and oxygen atoms in total. The smallest absolute Gasteiger partial charge is 0.340 e. The Bertz CT molecular complexity index is 881. The molecule has 1 heterocycles. The van der Waals surface area contributed by atoms with E-state index in [1.165, 1.54) is 6.08 Å². The number of fused-ring (bicyclic) bond motifs is 1. The second-order valence-corrected chi connectivity index (χ2v) is 6.54. The Hall–Kier alpha value is -2.60. The normalized spacial score (nSPS) is 13.0. The summed E-state index contributed by atoms with van der Waals surface area (Å²) < 4.78 is 6.92. The minimum absolute atomic E-state index is 0.150. The van der Waals surface area contributed by atoms with Crippen LogP contribution in [0.15, 0.2) is 41.3 Å². The zero-order valence-corrected chi connectivity index (χ0v) is 14.8. The van der Waals surface area contributed by atoms with Crippen molar-refractivity contribution in [1.29, 1.82) is 0 Å². The van der Waals surface area contributed by atoms with Crippen molar-refractivity contribution in [3.05, 3.63) is 58.9 Å². The van der Waals surface area contributed by atoms with Crippen LogP contribution in [0.2, 0.25) is 0 Å². The van der Waals surface area contributed by atoms with Crippen LogP contribution in [0.25, 0.3) is 6.08 Å². The number of allylic oxidation sites excluding steroid dienone is 1. The van der Waals surface area contributed by atoms with Gasteiger partial charge >= 0.3 is 5.97 Å². The van der Waals surface area contributed by atoms with Crippen molar-refractivity contribution < 1.29 is 19.1 Å². The second-order valence-electron chi connectivity index (χ2n) is 5.49. The first-order chi connectivity index (χ1) is 12.0. The predicted molar refractivity (Wildman–Crippen MR) is 95.7 cm³/mol. The van der Waals surface area contributed by atoms with E-state index in [1.54, 1.807) is 36.4 Å². The number of Topliss-reactive ketones (excluding diaryl/α,β-unsaturated/α-hetero) is 1. The third-order valence-electron chi connectivity index (χ3n) is 4.00. The standard InChI is InChI=1S/C19H17NO4S/c1-3-24-19(23)17-14(11-25-12-7-5-4-6-8-12)20(2)13-9-10-15(21)18(22)16(13)17/h4-10H,3,11H2,1-2H3. The maximum Gasteiger partial charge on any atom is 0.340 e. The number of hydrogen-bond acceptors (Lipinski definition) is 5. The van der Waals surface area contributed by atoms with Gasteiger partial charge < -0.3 is 9.30 Å². The van der Waals surface area contributed by atoms with Gasteiger partial charge in [0.1, 0.15) is 0 Å². The first-order valence-corrected chi connectivity index (χ1v) is 8.86. The number of carbonyl (C=O) groups excluding carboxylic acids is 3. The third kappa shape index (κ3) is 3.17. The van der Waals surface area contributed by atoms with Crippen LogP contribution in [0.5, 0.6) is 0 Å². The molecule has 0 fully saturated rings. The Morgan fingerprint density at radius 1 is 1.16 bits per heavy atom. The van der Waals surface area contributed by atoms with Gasteiger partial charge in [-0.05, 0) is 31.2 Å². The van der Waals surface area contributed by atoms with Crippen LogP contribution in [-0.4, -0.2) is 28.7 Å². The molecule has 0 saturated heterocycles. The summed E-state index contributed by atoms with van der Waals surface area (Å²) in [6, 6.07) is 9.77. The van der Waals surface area contributed by atoms with Crippen LogP contribution >= 0.6 is 11.8 Å². The Kier molecular flexibility index (Phi) is 4.90.